The minimum Gasteiger partial charge on any atom is -0.494 e. The molecule has 1 atom stereocenters. The molecule has 0 fully saturated rings. The van der Waals surface area contributed by atoms with Gasteiger partial charge in [-0.05, 0) is 38.5 Å². The lowest BCUT2D eigenvalue weighted by Gasteiger charge is -2.15. The first-order chi connectivity index (χ1) is 9.63. The van der Waals surface area contributed by atoms with Crippen LogP contribution in [0.15, 0.2) is 24.3 Å². The molecule has 4 nitrogen and oxygen atoms in total. The number of hydrogen-bond acceptors (Lipinski definition) is 5. The van der Waals surface area contributed by atoms with Gasteiger partial charge in [-0.25, -0.2) is 4.98 Å². The number of aryl methyl sites for hydroxylation is 2. The lowest BCUT2D eigenvalue weighted by Crippen LogP contribution is -2.29. The van der Waals surface area contributed by atoms with E-state index in [1.165, 1.54) is 4.88 Å². The molecular weight excluding hydrogens is 270 g/mol. The van der Waals surface area contributed by atoms with Gasteiger partial charge in [-0.2, -0.15) is 0 Å². The summed E-state index contributed by atoms with van der Waals surface area (Å²) < 4.78 is 5.45. The summed E-state index contributed by atoms with van der Waals surface area (Å²) in [6.45, 7) is 6.79. The van der Waals surface area contributed by atoms with Crippen LogP contribution in [0.5, 0.6) is 5.75 Å². The molecule has 5 heteroatoms. The Morgan fingerprint density at radius 3 is 2.50 bits per heavy atom. The molecule has 0 aliphatic carbocycles. The predicted octanol–water partition coefficient (Wildman–Crippen LogP) is 2.91. The van der Waals surface area contributed by atoms with Gasteiger partial charge in [0.1, 0.15) is 5.75 Å². The Kier molecular flexibility index (Phi) is 5.11. The molecule has 1 unspecified atom stereocenters. The molecule has 0 spiro atoms. The number of rotatable bonds is 6. The van der Waals surface area contributed by atoms with Gasteiger partial charge < -0.3 is 4.74 Å². The Morgan fingerprint density at radius 2 is 2.00 bits per heavy atom. The molecule has 108 valence electrons. The molecule has 0 amide bonds. The number of hydrazine groups is 1. The molecule has 0 radical (unpaired) electrons. The van der Waals surface area contributed by atoms with Gasteiger partial charge in [-0.3, -0.25) is 11.3 Å². The number of nitrogens with zero attached hydrogens (tertiary/aromatic N) is 1. The van der Waals surface area contributed by atoms with Crippen LogP contribution in [-0.2, 0) is 6.42 Å². The van der Waals surface area contributed by atoms with Crippen LogP contribution >= 0.6 is 11.3 Å². The van der Waals surface area contributed by atoms with Gasteiger partial charge in [-0.1, -0.05) is 12.1 Å². The van der Waals surface area contributed by atoms with Gasteiger partial charge in [0.05, 0.1) is 23.4 Å². The monoisotopic (exact) mass is 291 g/mol. The van der Waals surface area contributed by atoms with Crippen molar-refractivity contribution in [2.24, 2.45) is 5.84 Å². The molecule has 0 saturated carbocycles. The van der Waals surface area contributed by atoms with E-state index < -0.39 is 0 Å². The highest BCUT2D eigenvalue weighted by Gasteiger charge is 2.14. The molecular formula is C15H21N3OS. The Hall–Kier alpha value is -1.43. The number of nitrogens with one attached hydrogen (secondary N) is 1. The van der Waals surface area contributed by atoms with Crippen molar-refractivity contribution >= 4 is 11.3 Å². The summed E-state index contributed by atoms with van der Waals surface area (Å²) in [4.78, 5) is 5.83. The molecule has 20 heavy (non-hydrogen) atoms. The fourth-order valence-corrected chi connectivity index (χ4v) is 3.02. The molecule has 2 rings (SSSR count). The third-order valence-electron chi connectivity index (χ3n) is 3.25. The second-order valence-electron chi connectivity index (χ2n) is 4.67. The zero-order chi connectivity index (χ0) is 14.5. The second kappa shape index (κ2) is 6.83. The van der Waals surface area contributed by atoms with Crippen LogP contribution < -0.4 is 16.0 Å². The number of benzene rings is 1. The van der Waals surface area contributed by atoms with Gasteiger partial charge in [0.25, 0.3) is 0 Å². The van der Waals surface area contributed by atoms with E-state index in [0.29, 0.717) is 6.61 Å². The zero-order valence-electron chi connectivity index (χ0n) is 12.1. The van der Waals surface area contributed by atoms with E-state index in [0.717, 1.165) is 28.4 Å². The first kappa shape index (κ1) is 15.0. The fraction of sp³-hybridized carbons (Fsp3) is 0.400. The van der Waals surface area contributed by atoms with E-state index in [4.69, 9.17) is 10.6 Å². The number of aromatic nitrogens is 1. The van der Waals surface area contributed by atoms with Crippen LogP contribution in [-0.4, -0.2) is 11.6 Å². The summed E-state index contributed by atoms with van der Waals surface area (Å²) in [5.41, 5.74) is 5.12. The second-order valence-corrected chi connectivity index (χ2v) is 5.96. The summed E-state index contributed by atoms with van der Waals surface area (Å²) in [6, 6.07) is 8.10. The Balaban J connectivity index is 2.11. The largest absolute Gasteiger partial charge is 0.494 e. The van der Waals surface area contributed by atoms with E-state index in [1.807, 2.05) is 38.1 Å². The molecule has 2 aromatic rings. The first-order valence-corrected chi connectivity index (χ1v) is 7.57. The van der Waals surface area contributed by atoms with Crippen LogP contribution in [0.4, 0.5) is 0 Å². The summed E-state index contributed by atoms with van der Waals surface area (Å²) in [7, 11) is 0. The van der Waals surface area contributed by atoms with Crippen LogP contribution in [0.1, 0.15) is 34.1 Å². The highest BCUT2D eigenvalue weighted by molar-refractivity contribution is 7.11. The molecule has 0 saturated heterocycles. The van der Waals surface area contributed by atoms with E-state index in [2.05, 4.69) is 17.3 Å². The lowest BCUT2D eigenvalue weighted by atomic mass is 10.0. The van der Waals surface area contributed by atoms with Crippen LogP contribution in [0.25, 0.3) is 0 Å². The summed E-state index contributed by atoms with van der Waals surface area (Å²) in [5.74, 6) is 6.57. The van der Waals surface area contributed by atoms with E-state index in [9.17, 15) is 0 Å². The number of nitrogens with two attached hydrogens (primary N) is 1. The number of hydrogen-bond donors (Lipinski definition) is 2. The molecule has 1 heterocycles. The Labute approximate surface area is 124 Å². The third-order valence-corrected chi connectivity index (χ3v) is 4.34. The van der Waals surface area contributed by atoms with E-state index in [1.54, 1.807) is 11.3 Å². The smallest absolute Gasteiger partial charge is 0.119 e. The van der Waals surface area contributed by atoms with E-state index in [-0.39, 0.29) is 6.04 Å². The highest BCUT2D eigenvalue weighted by atomic mass is 32.1. The van der Waals surface area contributed by atoms with Crippen molar-refractivity contribution in [3.63, 3.8) is 0 Å². The fourth-order valence-electron chi connectivity index (χ4n) is 2.04. The Morgan fingerprint density at radius 1 is 1.30 bits per heavy atom. The SMILES string of the molecule is CCOc1ccc(C(Cc2nc(C)c(C)s2)NN)cc1. The van der Waals surface area contributed by atoms with Gasteiger partial charge >= 0.3 is 0 Å². The van der Waals surface area contributed by atoms with Gasteiger partial charge in [-0.15, -0.1) is 11.3 Å². The minimum absolute atomic E-state index is 0.0654. The van der Waals surface area contributed by atoms with Crippen molar-refractivity contribution in [3.05, 3.63) is 45.4 Å². The zero-order valence-corrected chi connectivity index (χ0v) is 13.0. The average molecular weight is 291 g/mol. The number of thiazole rings is 1. The summed E-state index contributed by atoms with van der Waals surface area (Å²) >= 11 is 1.73. The van der Waals surface area contributed by atoms with E-state index >= 15 is 0 Å². The van der Waals surface area contributed by atoms with Crippen molar-refractivity contribution < 1.29 is 4.74 Å². The molecule has 3 N–H and O–H groups in total. The van der Waals surface area contributed by atoms with Crippen molar-refractivity contribution in [2.75, 3.05) is 6.61 Å². The average Bonchev–Trinajstić information content (AvgIpc) is 2.76. The van der Waals surface area contributed by atoms with Crippen molar-refractivity contribution in [1.82, 2.24) is 10.4 Å². The summed E-state index contributed by atoms with van der Waals surface area (Å²) in [5, 5.41) is 1.11. The van der Waals surface area contributed by atoms with Gasteiger partial charge in [0.15, 0.2) is 0 Å². The lowest BCUT2D eigenvalue weighted by molar-refractivity contribution is 0.340. The minimum atomic E-state index is 0.0654. The van der Waals surface area contributed by atoms with Gasteiger partial charge in [0, 0.05) is 11.3 Å². The van der Waals surface area contributed by atoms with Crippen molar-refractivity contribution in [2.45, 2.75) is 33.2 Å². The Bertz CT molecular complexity index is 531. The van der Waals surface area contributed by atoms with Crippen LogP contribution in [0.3, 0.4) is 0 Å². The third kappa shape index (κ3) is 3.56. The van der Waals surface area contributed by atoms with Crippen LogP contribution in [0.2, 0.25) is 0 Å². The maximum atomic E-state index is 5.69. The van der Waals surface area contributed by atoms with Crippen molar-refractivity contribution in [1.29, 1.82) is 0 Å². The van der Waals surface area contributed by atoms with Crippen LogP contribution in [0, 0.1) is 13.8 Å². The normalized spacial score (nSPS) is 12.4. The molecule has 1 aromatic carbocycles. The molecule has 1 aromatic heterocycles. The van der Waals surface area contributed by atoms with Crippen molar-refractivity contribution in [3.8, 4) is 5.75 Å². The number of ether oxygens (including phenoxy) is 1. The maximum Gasteiger partial charge on any atom is 0.119 e. The highest BCUT2D eigenvalue weighted by Crippen LogP contribution is 2.24. The molecule has 0 bridgehead atoms. The standard InChI is InChI=1S/C15H21N3OS/c1-4-19-13-7-5-12(6-8-13)14(18-16)9-15-17-10(2)11(3)20-15/h5-8,14,18H,4,9,16H2,1-3H3. The summed E-state index contributed by atoms with van der Waals surface area (Å²) in [6.07, 6.45) is 0.795. The quantitative estimate of drug-likeness (QED) is 0.634. The van der Waals surface area contributed by atoms with Gasteiger partial charge in [0.2, 0.25) is 0 Å². The predicted molar refractivity (Wildman–Crippen MR) is 83.0 cm³/mol. The molecule has 0 aliphatic rings. The topological polar surface area (TPSA) is 60.2 Å². The molecule has 0 aliphatic heterocycles. The maximum absolute atomic E-state index is 5.69. The first-order valence-electron chi connectivity index (χ1n) is 6.75.